The number of methoxy groups -OCH3 is 2. The average molecular weight is 236 g/mol. The largest absolute Gasteiger partial charge is 0.496 e. The monoisotopic (exact) mass is 236 g/mol. The number of ether oxygens (including phenoxy) is 2. The van der Waals surface area contributed by atoms with Crippen LogP contribution in [0.5, 0.6) is 5.75 Å². The fourth-order valence-electron chi connectivity index (χ4n) is 1.87. The minimum absolute atomic E-state index is 0.0962. The van der Waals surface area contributed by atoms with E-state index in [0.29, 0.717) is 12.8 Å². The van der Waals surface area contributed by atoms with Gasteiger partial charge in [0.1, 0.15) is 11.9 Å². The first-order chi connectivity index (χ1) is 8.12. The molecule has 0 fully saturated rings. The molecule has 3 nitrogen and oxygen atoms in total. The van der Waals surface area contributed by atoms with Crippen LogP contribution in [0.25, 0.3) is 0 Å². The summed E-state index contributed by atoms with van der Waals surface area (Å²) in [7, 11) is 3.19. The van der Waals surface area contributed by atoms with E-state index in [4.69, 9.17) is 9.47 Å². The lowest BCUT2D eigenvalue weighted by molar-refractivity contribution is -0.128. The first kappa shape index (κ1) is 13.7. The van der Waals surface area contributed by atoms with Crippen LogP contribution in [-0.4, -0.2) is 26.1 Å². The van der Waals surface area contributed by atoms with Gasteiger partial charge >= 0.3 is 0 Å². The van der Waals surface area contributed by atoms with Gasteiger partial charge in [0.05, 0.1) is 7.11 Å². The van der Waals surface area contributed by atoms with Crippen molar-refractivity contribution < 1.29 is 14.3 Å². The van der Waals surface area contributed by atoms with Crippen molar-refractivity contribution in [3.8, 4) is 5.75 Å². The molecule has 0 aliphatic heterocycles. The maximum Gasteiger partial charge on any atom is 0.166 e. The van der Waals surface area contributed by atoms with E-state index in [-0.39, 0.29) is 11.9 Å². The molecular weight excluding hydrogens is 216 g/mol. The summed E-state index contributed by atoms with van der Waals surface area (Å²) in [6.45, 7) is 3.95. The Balaban J connectivity index is 2.86. The second-order valence-electron chi connectivity index (χ2n) is 4.09. The third-order valence-corrected chi connectivity index (χ3v) is 2.82. The number of rotatable bonds is 6. The summed E-state index contributed by atoms with van der Waals surface area (Å²) in [4.78, 5) is 12.0. The average Bonchev–Trinajstić information content (AvgIpc) is 2.31. The van der Waals surface area contributed by atoms with Crippen LogP contribution in [0.15, 0.2) is 18.2 Å². The number of ketones is 1. The van der Waals surface area contributed by atoms with Crippen LogP contribution in [0.2, 0.25) is 0 Å². The Labute approximate surface area is 103 Å². The van der Waals surface area contributed by atoms with Crippen molar-refractivity contribution in [2.24, 2.45) is 0 Å². The van der Waals surface area contributed by atoms with Crippen LogP contribution in [0.3, 0.4) is 0 Å². The number of benzene rings is 1. The summed E-state index contributed by atoms with van der Waals surface area (Å²) in [5.74, 6) is 0.855. The van der Waals surface area contributed by atoms with E-state index in [1.807, 2.05) is 32.0 Å². The SMILES string of the molecule is CCC(OC)C(=O)Cc1cc(C)ccc1OC. The Morgan fingerprint density at radius 1 is 1.35 bits per heavy atom. The maximum atomic E-state index is 12.0. The molecule has 94 valence electrons. The molecular formula is C14H20O3. The molecule has 0 heterocycles. The van der Waals surface area contributed by atoms with Crippen LogP contribution in [0.1, 0.15) is 24.5 Å². The van der Waals surface area contributed by atoms with Gasteiger partial charge in [0.2, 0.25) is 0 Å². The highest BCUT2D eigenvalue weighted by atomic mass is 16.5. The van der Waals surface area contributed by atoms with Crippen molar-refractivity contribution in [2.75, 3.05) is 14.2 Å². The molecule has 17 heavy (non-hydrogen) atoms. The summed E-state index contributed by atoms with van der Waals surface area (Å²) in [5.41, 5.74) is 2.05. The minimum Gasteiger partial charge on any atom is -0.496 e. The molecule has 1 rings (SSSR count). The first-order valence-electron chi connectivity index (χ1n) is 5.81. The van der Waals surface area contributed by atoms with Crippen LogP contribution in [-0.2, 0) is 16.0 Å². The number of aryl methyl sites for hydroxylation is 1. The fourth-order valence-corrected chi connectivity index (χ4v) is 1.87. The molecule has 0 saturated carbocycles. The van der Waals surface area contributed by atoms with Crippen molar-refractivity contribution in [3.05, 3.63) is 29.3 Å². The molecule has 0 aromatic heterocycles. The molecule has 0 amide bonds. The van der Waals surface area contributed by atoms with Gasteiger partial charge in [0.15, 0.2) is 5.78 Å². The lowest BCUT2D eigenvalue weighted by Gasteiger charge is -2.13. The molecule has 0 aliphatic rings. The van der Waals surface area contributed by atoms with E-state index < -0.39 is 0 Å². The molecule has 0 bridgehead atoms. The van der Waals surface area contributed by atoms with Gasteiger partial charge in [0, 0.05) is 19.1 Å². The highest BCUT2D eigenvalue weighted by Crippen LogP contribution is 2.21. The standard InChI is InChI=1S/C14H20O3/c1-5-13(16-3)12(15)9-11-8-10(2)6-7-14(11)17-4/h6-8,13H,5,9H2,1-4H3. The zero-order chi connectivity index (χ0) is 12.8. The summed E-state index contributed by atoms with van der Waals surface area (Å²) in [6.07, 6.45) is 0.737. The molecule has 1 aromatic carbocycles. The molecule has 1 unspecified atom stereocenters. The normalized spacial score (nSPS) is 12.2. The van der Waals surface area contributed by atoms with E-state index in [2.05, 4.69) is 0 Å². The fraction of sp³-hybridized carbons (Fsp3) is 0.500. The lowest BCUT2D eigenvalue weighted by atomic mass is 10.0. The molecule has 1 atom stereocenters. The maximum absolute atomic E-state index is 12.0. The quantitative estimate of drug-likeness (QED) is 0.761. The van der Waals surface area contributed by atoms with Crippen LogP contribution in [0, 0.1) is 6.92 Å². The molecule has 0 radical (unpaired) electrons. The van der Waals surface area contributed by atoms with Crippen molar-refractivity contribution in [3.63, 3.8) is 0 Å². The van der Waals surface area contributed by atoms with Crippen LogP contribution < -0.4 is 4.74 Å². The number of carbonyl (C=O) groups excluding carboxylic acids is 1. The number of Topliss-reactive ketones (excluding diaryl/α,β-unsaturated/α-hetero) is 1. The summed E-state index contributed by atoms with van der Waals surface area (Å²) >= 11 is 0. The lowest BCUT2D eigenvalue weighted by Crippen LogP contribution is -2.24. The summed E-state index contributed by atoms with van der Waals surface area (Å²) < 4.78 is 10.4. The van der Waals surface area contributed by atoms with Crippen molar-refractivity contribution in [2.45, 2.75) is 32.8 Å². The summed E-state index contributed by atoms with van der Waals surface area (Å²) in [5, 5.41) is 0. The number of hydrogen-bond acceptors (Lipinski definition) is 3. The highest BCUT2D eigenvalue weighted by molar-refractivity contribution is 5.85. The molecule has 0 saturated heterocycles. The predicted octanol–water partition coefficient (Wildman–Crippen LogP) is 2.54. The van der Waals surface area contributed by atoms with Gasteiger partial charge in [-0.15, -0.1) is 0 Å². The molecule has 1 aromatic rings. The smallest absolute Gasteiger partial charge is 0.166 e. The zero-order valence-electron chi connectivity index (χ0n) is 10.9. The topological polar surface area (TPSA) is 35.5 Å². The van der Waals surface area contributed by atoms with Gasteiger partial charge in [-0.25, -0.2) is 0 Å². The van der Waals surface area contributed by atoms with Crippen molar-refractivity contribution in [1.29, 1.82) is 0 Å². The van der Waals surface area contributed by atoms with E-state index in [1.165, 1.54) is 0 Å². The van der Waals surface area contributed by atoms with E-state index >= 15 is 0 Å². The van der Waals surface area contributed by atoms with E-state index in [9.17, 15) is 4.79 Å². The van der Waals surface area contributed by atoms with Crippen LogP contribution in [0.4, 0.5) is 0 Å². The second kappa shape index (κ2) is 6.40. The predicted molar refractivity (Wildman–Crippen MR) is 67.5 cm³/mol. The van der Waals surface area contributed by atoms with E-state index in [0.717, 1.165) is 16.9 Å². The molecule has 0 N–H and O–H groups in total. The Morgan fingerprint density at radius 3 is 2.59 bits per heavy atom. The van der Waals surface area contributed by atoms with Crippen LogP contribution >= 0.6 is 0 Å². The number of carbonyl (C=O) groups is 1. The van der Waals surface area contributed by atoms with Gasteiger partial charge in [-0.3, -0.25) is 4.79 Å². The Morgan fingerprint density at radius 2 is 2.06 bits per heavy atom. The van der Waals surface area contributed by atoms with Crippen molar-refractivity contribution >= 4 is 5.78 Å². The Bertz CT molecular complexity index is 381. The van der Waals surface area contributed by atoms with Gasteiger partial charge in [0.25, 0.3) is 0 Å². The van der Waals surface area contributed by atoms with Crippen molar-refractivity contribution in [1.82, 2.24) is 0 Å². The Hall–Kier alpha value is -1.35. The summed E-state index contributed by atoms with van der Waals surface area (Å²) in [6, 6.07) is 5.85. The van der Waals surface area contributed by atoms with Gasteiger partial charge in [-0.05, 0) is 19.4 Å². The third-order valence-electron chi connectivity index (χ3n) is 2.82. The van der Waals surface area contributed by atoms with E-state index in [1.54, 1.807) is 14.2 Å². The molecule has 0 spiro atoms. The number of hydrogen-bond donors (Lipinski definition) is 0. The zero-order valence-corrected chi connectivity index (χ0v) is 10.9. The molecule has 3 heteroatoms. The van der Waals surface area contributed by atoms with Gasteiger partial charge in [-0.1, -0.05) is 24.6 Å². The first-order valence-corrected chi connectivity index (χ1v) is 5.81. The van der Waals surface area contributed by atoms with Gasteiger partial charge in [-0.2, -0.15) is 0 Å². The third kappa shape index (κ3) is 3.56. The van der Waals surface area contributed by atoms with Gasteiger partial charge < -0.3 is 9.47 Å². The molecule has 0 aliphatic carbocycles. The highest BCUT2D eigenvalue weighted by Gasteiger charge is 2.17. The minimum atomic E-state index is -0.319. The Kier molecular flexibility index (Phi) is 5.16. The second-order valence-corrected chi connectivity index (χ2v) is 4.09.